The lowest BCUT2D eigenvalue weighted by Crippen LogP contribution is -2.54. The SMILES string of the molecule is CN(C(=O)CSc1nnc([C@H]2CCS(=O)(=O)C2)o1)[C@]1(c2ccccc2Cl)CCCCC1=O. The largest absolute Gasteiger partial charge is 0.416 e. The summed E-state index contributed by atoms with van der Waals surface area (Å²) >= 11 is 7.52. The minimum absolute atomic E-state index is 0.000577. The van der Waals surface area contributed by atoms with Crippen molar-refractivity contribution < 1.29 is 22.4 Å². The summed E-state index contributed by atoms with van der Waals surface area (Å²) in [7, 11) is -1.43. The van der Waals surface area contributed by atoms with Gasteiger partial charge in [-0.3, -0.25) is 9.59 Å². The fourth-order valence-corrected chi connectivity index (χ4v) is 7.20. The number of rotatable bonds is 6. The standard InChI is InChI=1S/C21H24ClN3O5S2/c1-25(21(10-5-4-8-17(21)26)15-6-2-3-7-16(15)22)18(27)12-31-20-24-23-19(30-20)14-9-11-32(28,29)13-14/h2-3,6-7,14H,4-5,8-13H2,1H3/t14-,21-/m0/s1. The maximum Gasteiger partial charge on any atom is 0.277 e. The Balaban J connectivity index is 1.49. The Kier molecular flexibility index (Phi) is 6.65. The van der Waals surface area contributed by atoms with E-state index in [1.165, 1.54) is 4.90 Å². The van der Waals surface area contributed by atoms with Crippen LogP contribution in [0, 0.1) is 0 Å². The quantitative estimate of drug-likeness (QED) is 0.559. The lowest BCUT2D eigenvalue weighted by Gasteiger charge is -2.44. The monoisotopic (exact) mass is 497 g/mol. The predicted octanol–water partition coefficient (Wildman–Crippen LogP) is 3.21. The van der Waals surface area contributed by atoms with E-state index in [9.17, 15) is 18.0 Å². The zero-order valence-electron chi connectivity index (χ0n) is 17.6. The van der Waals surface area contributed by atoms with Gasteiger partial charge in [-0.2, -0.15) is 0 Å². The lowest BCUT2D eigenvalue weighted by atomic mass is 9.74. The van der Waals surface area contributed by atoms with E-state index in [1.54, 1.807) is 19.2 Å². The van der Waals surface area contributed by atoms with Gasteiger partial charge >= 0.3 is 0 Å². The average Bonchev–Trinajstić information content (AvgIpc) is 3.38. The molecule has 0 spiro atoms. The van der Waals surface area contributed by atoms with Crippen molar-refractivity contribution >= 4 is 44.9 Å². The van der Waals surface area contributed by atoms with Gasteiger partial charge in [0, 0.05) is 24.1 Å². The number of benzene rings is 1. The highest BCUT2D eigenvalue weighted by molar-refractivity contribution is 7.99. The number of sulfone groups is 1. The molecular formula is C21H24ClN3O5S2. The number of hydrogen-bond donors (Lipinski definition) is 0. The lowest BCUT2D eigenvalue weighted by molar-refractivity contribution is -0.146. The maximum absolute atomic E-state index is 13.1. The molecule has 2 aromatic rings. The van der Waals surface area contributed by atoms with E-state index < -0.39 is 15.4 Å². The van der Waals surface area contributed by atoms with Gasteiger partial charge in [-0.25, -0.2) is 8.42 Å². The molecule has 1 aromatic carbocycles. The Bertz CT molecular complexity index is 1140. The molecule has 0 unspecified atom stereocenters. The highest BCUT2D eigenvalue weighted by Gasteiger charge is 2.47. The smallest absolute Gasteiger partial charge is 0.277 e. The van der Waals surface area contributed by atoms with Gasteiger partial charge in [0.15, 0.2) is 15.6 Å². The summed E-state index contributed by atoms with van der Waals surface area (Å²) in [6.45, 7) is 0. The molecule has 0 N–H and O–H groups in total. The second-order valence-corrected chi connectivity index (χ2v) is 11.8. The molecular weight excluding hydrogens is 474 g/mol. The van der Waals surface area contributed by atoms with Crippen molar-refractivity contribution in [2.24, 2.45) is 0 Å². The topological polar surface area (TPSA) is 110 Å². The van der Waals surface area contributed by atoms with Gasteiger partial charge in [-0.05, 0) is 31.7 Å². The first kappa shape index (κ1) is 23.3. The van der Waals surface area contributed by atoms with Crippen LogP contribution < -0.4 is 0 Å². The normalized spacial score (nSPS) is 25.1. The fourth-order valence-electron chi connectivity index (χ4n) is 4.50. The second-order valence-electron chi connectivity index (χ2n) is 8.22. The summed E-state index contributed by atoms with van der Waals surface area (Å²) in [4.78, 5) is 27.8. The zero-order valence-corrected chi connectivity index (χ0v) is 20.0. The van der Waals surface area contributed by atoms with E-state index in [-0.39, 0.29) is 46.0 Å². The Morgan fingerprint density at radius 3 is 2.78 bits per heavy atom. The number of carbonyl (C=O) groups is 2. The summed E-state index contributed by atoms with van der Waals surface area (Å²) in [5.74, 6) is -0.171. The molecule has 172 valence electrons. The van der Waals surface area contributed by atoms with Gasteiger partial charge in [-0.1, -0.05) is 41.6 Å². The summed E-state index contributed by atoms with van der Waals surface area (Å²) in [6.07, 6.45) is 2.98. The summed E-state index contributed by atoms with van der Waals surface area (Å²) in [5.41, 5.74) is -0.443. The van der Waals surface area contributed by atoms with Crippen molar-refractivity contribution in [2.75, 3.05) is 24.3 Å². The van der Waals surface area contributed by atoms with Crippen molar-refractivity contribution in [3.05, 3.63) is 40.7 Å². The van der Waals surface area contributed by atoms with Crippen LogP contribution in [0.25, 0.3) is 0 Å². The molecule has 1 aliphatic heterocycles. The molecule has 2 atom stereocenters. The van der Waals surface area contributed by atoms with Crippen molar-refractivity contribution in [2.45, 2.75) is 48.8 Å². The summed E-state index contributed by atoms with van der Waals surface area (Å²) in [5, 5.41) is 8.58. The number of amides is 1. The summed E-state index contributed by atoms with van der Waals surface area (Å²) < 4.78 is 29.0. The molecule has 1 saturated carbocycles. The van der Waals surface area contributed by atoms with Gasteiger partial charge < -0.3 is 9.32 Å². The molecule has 8 nitrogen and oxygen atoms in total. The van der Waals surface area contributed by atoms with Crippen molar-refractivity contribution in [1.82, 2.24) is 15.1 Å². The first-order chi connectivity index (χ1) is 15.2. The maximum atomic E-state index is 13.1. The van der Waals surface area contributed by atoms with E-state index >= 15 is 0 Å². The van der Waals surface area contributed by atoms with Crippen LogP contribution in [0.15, 0.2) is 33.9 Å². The molecule has 2 heterocycles. The van der Waals surface area contributed by atoms with Gasteiger partial charge in [0.2, 0.25) is 11.8 Å². The number of halogens is 1. The number of nitrogens with zero attached hydrogens (tertiary/aromatic N) is 3. The molecule has 1 aromatic heterocycles. The first-order valence-corrected chi connectivity index (χ1v) is 13.6. The highest BCUT2D eigenvalue weighted by Crippen LogP contribution is 2.42. The van der Waals surface area contributed by atoms with Crippen LogP contribution in [0.2, 0.25) is 5.02 Å². The van der Waals surface area contributed by atoms with Gasteiger partial charge in [0.05, 0.1) is 23.2 Å². The number of aromatic nitrogens is 2. The number of hydrogen-bond acceptors (Lipinski definition) is 8. The van der Waals surface area contributed by atoms with E-state index in [0.717, 1.165) is 24.6 Å². The molecule has 1 amide bonds. The second kappa shape index (κ2) is 9.15. The number of likely N-dealkylation sites (N-methyl/N-ethyl adjacent to an activating group) is 1. The predicted molar refractivity (Wildman–Crippen MR) is 120 cm³/mol. The Morgan fingerprint density at radius 2 is 2.09 bits per heavy atom. The van der Waals surface area contributed by atoms with Crippen molar-refractivity contribution in [1.29, 1.82) is 0 Å². The van der Waals surface area contributed by atoms with Crippen LogP contribution in [0.1, 0.15) is 49.5 Å². The van der Waals surface area contributed by atoms with Gasteiger partial charge in [0.25, 0.3) is 5.22 Å². The molecule has 11 heteroatoms. The van der Waals surface area contributed by atoms with E-state index in [1.807, 2.05) is 12.1 Å². The van der Waals surface area contributed by atoms with E-state index in [0.29, 0.717) is 29.8 Å². The third-order valence-electron chi connectivity index (χ3n) is 6.24. The molecule has 2 aliphatic rings. The zero-order chi connectivity index (χ0) is 22.9. The molecule has 1 aliphatic carbocycles. The Hall–Kier alpha value is -1.91. The summed E-state index contributed by atoms with van der Waals surface area (Å²) in [6, 6.07) is 7.16. The average molecular weight is 498 g/mol. The molecule has 0 radical (unpaired) electrons. The number of thioether (sulfide) groups is 1. The minimum atomic E-state index is -3.06. The van der Waals surface area contributed by atoms with Gasteiger partial charge in [-0.15, -0.1) is 10.2 Å². The fraction of sp³-hybridized carbons (Fsp3) is 0.524. The van der Waals surface area contributed by atoms with Crippen LogP contribution in [0.5, 0.6) is 0 Å². The van der Waals surface area contributed by atoms with E-state index in [2.05, 4.69) is 10.2 Å². The van der Waals surface area contributed by atoms with Crippen molar-refractivity contribution in [3.63, 3.8) is 0 Å². The molecule has 2 fully saturated rings. The number of carbonyl (C=O) groups excluding carboxylic acids is 2. The minimum Gasteiger partial charge on any atom is -0.416 e. The van der Waals surface area contributed by atoms with Crippen LogP contribution in [0.3, 0.4) is 0 Å². The van der Waals surface area contributed by atoms with Crippen LogP contribution in [-0.2, 0) is 25.0 Å². The van der Waals surface area contributed by atoms with Crippen LogP contribution >= 0.6 is 23.4 Å². The third-order valence-corrected chi connectivity index (χ3v) is 9.14. The van der Waals surface area contributed by atoms with Crippen LogP contribution in [0.4, 0.5) is 0 Å². The molecule has 32 heavy (non-hydrogen) atoms. The number of ketones is 1. The van der Waals surface area contributed by atoms with E-state index in [4.69, 9.17) is 16.0 Å². The molecule has 0 bridgehead atoms. The van der Waals surface area contributed by atoms with Crippen molar-refractivity contribution in [3.8, 4) is 0 Å². The third kappa shape index (κ3) is 4.45. The van der Waals surface area contributed by atoms with Crippen LogP contribution in [-0.4, -0.2) is 59.5 Å². The number of Topliss-reactive ketones (excluding diaryl/α,β-unsaturated/α-hetero) is 1. The molecule has 4 rings (SSSR count). The Morgan fingerprint density at radius 1 is 1.31 bits per heavy atom. The first-order valence-electron chi connectivity index (χ1n) is 10.4. The highest BCUT2D eigenvalue weighted by atomic mass is 35.5. The van der Waals surface area contributed by atoms with Gasteiger partial charge in [0.1, 0.15) is 5.54 Å². The Labute approximate surface area is 196 Å². The molecule has 1 saturated heterocycles.